The van der Waals surface area contributed by atoms with Crippen molar-refractivity contribution in [2.45, 2.75) is 19.6 Å². The molecule has 1 amide bonds. The Morgan fingerprint density at radius 2 is 2.17 bits per heavy atom. The van der Waals surface area contributed by atoms with Crippen LogP contribution in [-0.2, 0) is 11.3 Å². The summed E-state index contributed by atoms with van der Waals surface area (Å²) in [5.41, 5.74) is -0.453. The molecule has 0 aliphatic carbocycles. The van der Waals surface area contributed by atoms with Crippen LogP contribution in [0.15, 0.2) is 11.0 Å². The Balaban J connectivity index is 2.77. The van der Waals surface area contributed by atoms with E-state index in [2.05, 4.69) is 4.98 Å². The van der Waals surface area contributed by atoms with Crippen LogP contribution in [0.25, 0.3) is 0 Å². The number of aromatic nitrogens is 2. The summed E-state index contributed by atoms with van der Waals surface area (Å²) < 4.78 is 37.0. The summed E-state index contributed by atoms with van der Waals surface area (Å²) in [4.78, 5) is 26.8. The van der Waals surface area contributed by atoms with Crippen molar-refractivity contribution in [3.8, 4) is 0 Å². The number of rotatable bonds is 3. The molecule has 1 heterocycles. The van der Waals surface area contributed by atoms with Crippen LogP contribution in [0.3, 0.4) is 0 Å². The summed E-state index contributed by atoms with van der Waals surface area (Å²) in [5.74, 6) is -0.621. The van der Waals surface area contributed by atoms with Gasteiger partial charge in [-0.15, -0.1) is 0 Å². The minimum Gasteiger partial charge on any atom is -0.345 e. The number of aryl methyl sites for hydroxylation is 1. The largest absolute Gasteiger partial charge is 0.405 e. The lowest BCUT2D eigenvalue weighted by Crippen LogP contribution is -2.38. The van der Waals surface area contributed by atoms with Gasteiger partial charge in [0.2, 0.25) is 5.91 Å². The van der Waals surface area contributed by atoms with Gasteiger partial charge in [-0.05, 0) is 29.5 Å². The highest BCUT2D eigenvalue weighted by molar-refractivity contribution is 14.1. The van der Waals surface area contributed by atoms with Crippen molar-refractivity contribution < 1.29 is 18.0 Å². The van der Waals surface area contributed by atoms with E-state index in [0.717, 1.165) is 4.57 Å². The van der Waals surface area contributed by atoms with E-state index in [-0.39, 0.29) is 5.82 Å². The molecule has 0 aliphatic rings. The van der Waals surface area contributed by atoms with Gasteiger partial charge in [-0.2, -0.15) is 13.2 Å². The minimum absolute atomic E-state index is 0.266. The molecule has 0 fully saturated rings. The van der Waals surface area contributed by atoms with Crippen molar-refractivity contribution in [3.05, 3.63) is 25.9 Å². The SMILES string of the molecule is Cc1ncc(I)c(=O)n1CC(=O)NCC(F)(F)F. The van der Waals surface area contributed by atoms with Crippen molar-refractivity contribution in [1.82, 2.24) is 14.9 Å². The van der Waals surface area contributed by atoms with Crippen molar-refractivity contribution in [3.63, 3.8) is 0 Å². The smallest absolute Gasteiger partial charge is 0.345 e. The molecule has 100 valence electrons. The van der Waals surface area contributed by atoms with Crippen LogP contribution in [0.5, 0.6) is 0 Å². The van der Waals surface area contributed by atoms with Crippen LogP contribution in [0.1, 0.15) is 5.82 Å². The summed E-state index contributed by atoms with van der Waals surface area (Å²) in [6.45, 7) is -0.407. The van der Waals surface area contributed by atoms with Crippen LogP contribution in [-0.4, -0.2) is 28.2 Å². The van der Waals surface area contributed by atoms with Crippen LogP contribution in [0, 0.1) is 10.5 Å². The van der Waals surface area contributed by atoms with Gasteiger partial charge in [0.25, 0.3) is 5.56 Å². The van der Waals surface area contributed by atoms with E-state index >= 15 is 0 Å². The van der Waals surface area contributed by atoms with Gasteiger partial charge in [-0.25, -0.2) is 4.98 Å². The second kappa shape index (κ2) is 5.67. The van der Waals surface area contributed by atoms with Crippen LogP contribution in [0.4, 0.5) is 13.2 Å². The fourth-order valence-corrected chi connectivity index (χ4v) is 1.57. The molecule has 0 bridgehead atoms. The number of hydrogen-bond donors (Lipinski definition) is 1. The number of carbonyl (C=O) groups is 1. The monoisotopic (exact) mass is 375 g/mol. The second-order valence-corrected chi connectivity index (χ2v) is 4.60. The van der Waals surface area contributed by atoms with Gasteiger partial charge in [0.15, 0.2) is 0 Å². The Bertz CT molecular complexity index is 513. The maximum Gasteiger partial charge on any atom is 0.405 e. The summed E-state index contributed by atoms with van der Waals surface area (Å²) in [6, 6.07) is 0. The van der Waals surface area contributed by atoms with Crippen molar-refractivity contribution in [2.75, 3.05) is 6.54 Å². The molecular formula is C9H9F3IN3O2. The predicted octanol–water partition coefficient (Wildman–Crippen LogP) is 0.835. The highest BCUT2D eigenvalue weighted by Crippen LogP contribution is 2.12. The van der Waals surface area contributed by atoms with E-state index in [1.165, 1.54) is 13.1 Å². The highest BCUT2D eigenvalue weighted by atomic mass is 127. The van der Waals surface area contributed by atoms with Crippen molar-refractivity contribution in [1.29, 1.82) is 0 Å². The molecule has 0 spiro atoms. The second-order valence-electron chi connectivity index (χ2n) is 3.44. The van der Waals surface area contributed by atoms with Crippen LogP contribution in [0.2, 0.25) is 0 Å². The van der Waals surface area contributed by atoms with E-state index in [4.69, 9.17) is 0 Å². The summed E-state index contributed by atoms with van der Waals surface area (Å²) >= 11 is 1.74. The first-order valence-electron chi connectivity index (χ1n) is 4.76. The molecule has 0 unspecified atom stereocenters. The highest BCUT2D eigenvalue weighted by Gasteiger charge is 2.27. The zero-order valence-corrected chi connectivity index (χ0v) is 11.4. The number of halogens is 4. The zero-order chi connectivity index (χ0) is 13.9. The van der Waals surface area contributed by atoms with E-state index < -0.39 is 30.7 Å². The average molecular weight is 375 g/mol. The molecule has 0 radical (unpaired) electrons. The molecule has 0 saturated carbocycles. The third kappa shape index (κ3) is 4.27. The van der Waals surface area contributed by atoms with Gasteiger partial charge in [-0.3, -0.25) is 14.2 Å². The van der Waals surface area contributed by atoms with E-state index in [1.54, 1.807) is 27.9 Å². The first kappa shape index (κ1) is 14.9. The Kier molecular flexibility index (Phi) is 4.71. The zero-order valence-electron chi connectivity index (χ0n) is 9.21. The molecule has 5 nitrogen and oxygen atoms in total. The number of alkyl halides is 3. The molecule has 1 rings (SSSR count). The Morgan fingerprint density at radius 3 is 2.72 bits per heavy atom. The van der Waals surface area contributed by atoms with Crippen LogP contribution < -0.4 is 10.9 Å². The molecular weight excluding hydrogens is 366 g/mol. The Labute approximate surface area is 114 Å². The summed E-state index contributed by atoms with van der Waals surface area (Å²) in [5, 5.41) is 1.69. The third-order valence-electron chi connectivity index (χ3n) is 1.99. The van der Waals surface area contributed by atoms with Gasteiger partial charge < -0.3 is 5.32 Å². The van der Waals surface area contributed by atoms with Gasteiger partial charge in [0, 0.05) is 6.20 Å². The van der Waals surface area contributed by atoms with Gasteiger partial charge >= 0.3 is 6.18 Å². The molecule has 1 aromatic rings. The van der Waals surface area contributed by atoms with Gasteiger partial charge in [-0.1, -0.05) is 0 Å². The van der Waals surface area contributed by atoms with E-state index in [9.17, 15) is 22.8 Å². The fraction of sp³-hybridized carbons (Fsp3) is 0.444. The molecule has 0 atom stereocenters. The number of nitrogens with one attached hydrogen (secondary N) is 1. The number of nitrogens with zero attached hydrogens (tertiary/aromatic N) is 2. The first-order valence-corrected chi connectivity index (χ1v) is 5.84. The van der Waals surface area contributed by atoms with Crippen molar-refractivity contribution in [2.24, 2.45) is 0 Å². The molecule has 0 saturated heterocycles. The quantitative estimate of drug-likeness (QED) is 0.797. The third-order valence-corrected chi connectivity index (χ3v) is 2.73. The molecule has 1 N–H and O–H groups in total. The Hall–Kier alpha value is -1.13. The minimum atomic E-state index is -4.47. The number of hydrogen-bond acceptors (Lipinski definition) is 3. The normalized spacial score (nSPS) is 11.4. The molecule has 0 aromatic carbocycles. The Morgan fingerprint density at radius 1 is 1.56 bits per heavy atom. The van der Waals surface area contributed by atoms with E-state index in [0.29, 0.717) is 3.57 Å². The predicted molar refractivity (Wildman–Crippen MR) is 65.0 cm³/mol. The lowest BCUT2D eigenvalue weighted by molar-refractivity contribution is -0.138. The van der Waals surface area contributed by atoms with Crippen molar-refractivity contribution >= 4 is 28.5 Å². The topological polar surface area (TPSA) is 64.0 Å². The summed E-state index contributed by atoms with van der Waals surface area (Å²) in [6.07, 6.45) is -3.14. The molecule has 18 heavy (non-hydrogen) atoms. The standard InChI is InChI=1S/C9H9F3IN3O2/c1-5-14-2-6(13)8(18)16(5)3-7(17)15-4-9(10,11)12/h2H,3-4H2,1H3,(H,15,17). The number of carbonyl (C=O) groups excluding carboxylic acids is 1. The number of amides is 1. The lowest BCUT2D eigenvalue weighted by atomic mass is 10.4. The maximum atomic E-state index is 11.9. The van der Waals surface area contributed by atoms with Gasteiger partial charge in [0.1, 0.15) is 18.9 Å². The fourth-order valence-electron chi connectivity index (χ4n) is 1.14. The first-order chi connectivity index (χ1) is 8.20. The lowest BCUT2D eigenvalue weighted by Gasteiger charge is -2.11. The van der Waals surface area contributed by atoms with E-state index in [1.807, 2.05) is 0 Å². The average Bonchev–Trinajstić information content (AvgIpc) is 2.26. The van der Waals surface area contributed by atoms with Crippen LogP contribution >= 0.6 is 22.6 Å². The van der Waals surface area contributed by atoms with Gasteiger partial charge in [0.05, 0.1) is 3.57 Å². The molecule has 0 aliphatic heterocycles. The maximum absolute atomic E-state index is 11.9. The molecule has 9 heteroatoms. The molecule has 1 aromatic heterocycles. The summed E-state index contributed by atoms with van der Waals surface area (Å²) in [7, 11) is 0.